The molecule has 1 aromatic rings. The van der Waals surface area contributed by atoms with E-state index in [1.54, 1.807) is 6.20 Å². The van der Waals surface area contributed by atoms with Gasteiger partial charge in [0.15, 0.2) is 0 Å². The van der Waals surface area contributed by atoms with Gasteiger partial charge in [-0.25, -0.2) is 0 Å². The van der Waals surface area contributed by atoms with Crippen LogP contribution in [0.2, 0.25) is 0 Å². The standard InChI is InChI=1S/C12H18N4/c1-3-10(15-14-6-1)9-13-11-5-8-16-7-2-4-12(11)16/h1,3,6,11-13H,2,4-5,7-9H2. The topological polar surface area (TPSA) is 41.1 Å². The number of hydrogen-bond acceptors (Lipinski definition) is 4. The minimum absolute atomic E-state index is 0.657. The first kappa shape index (κ1) is 10.2. The van der Waals surface area contributed by atoms with Crippen LogP contribution in [0.3, 0.4) is 0 Å². The zero-order valence-corrected chi connectivity index (χ0v) is 9.47. The monoisotopic (exact) mass is 218 g/mol. The van der Waals surface area contributed by atoms with Crippen molar-refractivity contribution in [2.45, 2.75) is 37.9 Å². The lowest BCUT2D eigenvalue weighted by molar-refractivity contribution is 0.298. The van der Waals surface area contributed by atoms with E-state index in [9.17, 15) is 0 Å². The van der Waals surface area contributed by atoms with Crippen LogP contribution in [0.1, 0.15) is 25.0 Å². The van der Waals surface area contributed by atoms with Crippen molar-refractivity contribution in [2.75, 3.05) is 13.1 Å². The van der Waals surface area contributed by atoms with E-state index in [0.717, 1.165) is 18.3 Å². The second kappa shape index (κ2) is 4.47. The molecule has 3 heterocycles. The molecule has 2 fully saturated rings. The van der Waals surface area contributed by atoms with E-state index in [1.807, 2.05) is 12.1 Å². The Labute approximate surface area is 96.1 Å². The second-order valence-electron chi connectivity index (χ2n) is 4.74. The van der Waals surface area contributed by atoms with E-state index in [0.29, 0.717) is 6.04 Å². The molecule has 86 valence electrons. The third kappa shape index (κ3) is 1.95. The average Bonchev–Trinajstić information content (AvgIpc) is 2.90. The summed E-state index contributed by atoms with van der Waals surface area (Å²) in [5.41, 5.74) is 1.04. The molecule has 4 heteroatoms. The molecule has 0 amide bonds. The van der Waals surface area contributed by atoms with Crippen molar-refractivity contribution >= 4 is 0 Å². The minimum atomic E-state index is 0.657. The van der Waals surface area contributed by atoms with Crippen molar-refractivity contribution in [3.8, 4) is 0 Å². The maximum absolute atomic E-state index is 4.10. The summed E-state index contributed by atoms with van der Waals surface area (Å²) in [6, 6.07) is 5.41. The summed E-state index contributed by atoms with van der Waals surface area (Å²) >= 11 is 0. The van der Waals surface area contributed by atoms with Gasteiger partial charge >= 0.3 is 0 Å². The largest absolute Gasteiger partial charge is 0.307 e. The van der Waals surface area contributed by atoms with Crippen LogP contribution in [-0.4, -0.2) is 40.3 Å². The van der Waals surface area contributed by atoms with Gasteiger partial charge in [0.1, 0.15) is 0 Å². The number of nitrogens with one attached hydrogen (secondary N) is 1. The molecule has 2 unspecified atom stereocenters. The first-order chi connectivity index (χ1) is 7.93. The lowest BCUT2D eigenvalue weighted by Crippen LogP contribution is -2.38. The van der Waals surface area contributed by atoms with Gasteiger partial charge in [-0.2, -0.15) is 10.2 Å². The van der Waals surface area contributed by atoms with Crippen molar-refractivity contribution in [3.05, 3.63) is 24.0 Å². The summed E-state index contributed by atoms with van der Waals surface area (Å²) in [5, 5.41) is 11.6. The molecule has 1 N–H and O–H groups in total. The highest BCUT2D eigenvalue weighted by Crippen LogP contribution is 2.27. The lowest BCUT2D eigenvalue weighted by atomic mass is 10.1. The maximum atomic E-state index is 4.10. The molecule has 2 saturated heterocycles. The first-order valence-corrected chi connectivity index (χ1v) is 6.17. The summed E-state index contributed by atoms with van der Waals surface area (Å²) in [6.45, 7) is 3.42. The molecule has 0 saturated carbocycles. The summed E-state index contributed by atoms with van der Waals surface area (Å²) in [6.07, 6.45) is 5.73. The van der Waals surface area contributed by atoms with E-state index in [4.69, 9.17) is 0 Å². The number of nitrogens with zero attached hydrogens (tertiary/aromatic N) is 3. The summed E-state index contributed by atoms with van der Waals surface area (Å²) in [5.74, 6) is 0. The fraction of sp³-hybridized carbons (Fsp3) is 0.667. The third-order valence-electron chi connectivity index (χ3n) is 3.78. The lowest BCUT2D eigenvalue weighted by Gasteiger charge is -2.20. The van der Waals surface area contributed by atoms with Crippen LogP contribution in [0.15, 0.2) is 18.3 Å². The third-order valence-corrected chi connectivity index (χ3v) is 3.78. The fourth-order valence-electron chi connectivity index (χ4n) is 2.98. The smallest absolute Gasteiger partial charge is 0.0769 e. The first-order valence-electron chi connectivity index (χ1n) is 6.17. The molecule has 3 rings (SSSR count). The zero-order chi connectivity index (χ0) is 10.8. The van der Waals surface area contributed by atoms with Crippen LogP contribution < -0.4 is 5.32 Å². The Hall–Kier alpha value is -1.00. The van der Waals surface area contributed by atoms with E-state index < -0.39 is 0 Å². The molecule has 0 radical (unpaired) electrons. The van der Waals surface area contributed by atoms with Gasteiger partial charge < -0.3 is 5.32 Å². The highest BCUT2D eigenvalue weighted by atomic mass is 15.2. The summed E-state index contributed by atoms with van der Waals surface area (Å²) in [4.78, 5) is 2.62. The number of aromatic nitrogens is 2. The molecule has 16 heavy (non-hydrogen) atoms. The highest BCUT2D eigenvalue weighted by Gasteiger charge is 2.36. The highest BCUT2D eigenvalue weighted by molar-refractivity contribution is 5.01. The predicted molar refractivity (Wildman–Crippen MR) is 61.9 cm³/mol. The Balaban J connectivity index is 1.56. The van der Waals surface area contributed by atoms with Gasteiger partial charge in [-0.3, -0.25) is 4.90 Å². The van der Waals surface area contributed by atoms with Gasteiger partial charge in [0.2, 0.25) is 0 Å². The summed E-state index contributed by atoms with van der Waals surface area (Å²) in [7, 11) is 0. The van der Waals surface area contributed by atoms with Crippen molar-refractivity contribution in [1.29, 1.82) is 0 Å². The van der Waals surface area contributed by atoms with Gasteiger partial charge in [0.05, 0.1) is 5.69 Å². The minimum Gasteiger partial charge on any atom is -0.307 e. The van der Waals surface area contributed by atoms with Crippen LogP contribution in [0.25, 0.3) is 0 Å². The second-order valence-corrected chi connectivity index (χ2v) is 4.74. The van der Waals surface area contributed by atoms with E-state index >= 15 is 0 Å². The molecule has 2 aliphatic heterocycles. The van der Waals surface area contributed by atoms with E-state index in [-0.39, 0.29) is 0 Å². The Morgan fingerprint density at radius 3 is 3.25 bits per heavy atom. The van der Waals surface area contributed by atoms with E-state index in [1.165, 1.54) is 32.4 Å². The van der Waals surface area contributed by atoms with Crippen LogP contribution in [-0.2, 0) is 6.54 Å². The average molecular weight is 218 g/mol. The van der Waals surface area contributed by atoms with Crippen LogP contribution in [0, 0.1) is 0 Å². The Bertz CT molecular complexity index is 340. The number of fused-ring (bicyclic) bond motifs is 1. The fourth-order valence-corrected chi connectivity index (χ4v) is 2.98. The normalized spacial score (nSPS) is 29.5. The van der Waals surface area contributed by atoms with Gasteiger partial charge in [0, 0.05) is 31.4 Å². The van der Waals surface area contributed by atoms with Crippen molar-refractivity contribution < 1.29 is 0 Å². The molecule has 2 aliphatic rings. The molecule has 2 atom stereocenters. The Kier molecular flexibility index (Phi) is 2.84. The quantitative estimate of drug-likeness (QED) is 0.815. The molecular formula is C12H18N4. The van der Waals surface area contributed by atoms with Crippen LogP contribution in [0.4, 0.5) is 0 Å². The molecule has 4 nitrogen and oxygen atoms in total. The van der Waals surface area contributed by atoms with Crippen molar-refractivity contribution in [2.24, 2.45) is 0 Å². The summed E-state index contributed by atoms with van der Waals surface area (Å²) < 4.78 is 0. The predicted octanol–water partition coefficient (Wildman–Crippen LogP) is 0.803. The molecule has 1 aromatic heterocycles. The molecule has 0 bridgehead atoms. The zero-order valence-electron chi connectivity index (χ0n) is 9.47. The SMILES string of the molecule is c1cnnc(CNC2CCN3CCCC23)c1. The van der Waals surface area contributed by atoms with Crippen LogP contribution >= 0.6 is 0 Å². The van der Waals surface area contributed by atoms with Gasteiger partial charge in [0.25, 0.3) is 0 Å². The molecule has 0 spiro atoms. The number of rotatable bonds is 3. The van der Waals surface area contributed by atoms with Gasteiger partial charge in [-0.1, -0.05) is 0 Å². The molecular weight excluding hydrogens is 200 g/mol. The van der Waals surface area contributed by atoms with Gasteiger partial charge in [-0.05, 0) is 37.9 Å². The van der Waals surface area contributed by atoms with E-state index in [2.05, 4.69) is 20.4 Å². The Morgan fingerprint density at radius 1 is 1.38 bits per heavy atom. The van der Waals surface area contributed by atoms with Crippen molar-refractivity contribution in [3.63, 3.8) is 0 Å². The molecule has 0 aromatic carbocycles. The number of hydrogen-bond donors (Lipinski definition) is 1. The molecule has 0 aliphatic carbocycles. The maximum Gasteiger partial charge on any atom is 0.0769 e. The van der Waals surface area contributed by atoms with Crippen LogP contribution in [0.5, 0.6) is 0 Å². The Morgan fingerprint density at radius 2 is 2.38 bits per heavy atom. The van der Waals surface area contributed by atoms with Crippen molar-refractivity contribution in [1.82, 2.24) is 20.4 Å². The van der Waals surface area contributed by atoms with Gasteiger partial charge in [-0.15, -0.1) is 0 Å².